The quantitative estimate of drug-likeness (QED) is 0.929. The molecule has 0 saturated carbocycles. The normalized spacial score (nSPS) is 11.4. The summed E-state index contributed by atoms with van der Waals surface area (Å²) in [7, 11) is 1.57. The Kier molecular flexibility index (Phi) is 4.65. The first-order chi connectivity index (χ1) is 7.85. The molecule has 0 aliphatic rings. The summed E-state index contributed by atoms with van der Waals surface area (Å²) in [6, 6.07) is 3.99. The summed E-state index contributed by atoms with van der Waals surface area (Å²) < 4.78 is 18.8. The highest BCUT2D eigenvalue weighted by atomic mass is 79.9. The maximum absolute atomic E-state index is 13.0. The third kappa shape index (κ3) is 4.09. The summed E-state index contributed by atoms with van der Waals surface area (Å²) in [6.45, 7) is 4.06. The highest BCUT2D eigenvalue weighted by Gasteiger charge is 2.19. The van der Waals surface area contributed by atoms with Gasteiger partial charge in [0.2, 0.25) is 0 Å². The average molecular weight is 304 g/mol. The van der Waals surface area contributed by atoms with Gasteiger partial charge in [0, 0.05) is 18.1 Å². The van der Waals surface area contributed by atoms with Gasteiger partial charge in [-0.15, -0.1) is 0 Å². The molecule has 1 rings (SSSR count). The second-order valence-corrected chi connectivity index (χ2v) is 5.12. The number of ether oxygens (including phenoxy) is 1. The zero-order valence-electron chi connectivity index (χ0n) is 10.0. The Balaban J connectivity index is 2.74. The molecule has 1 N–H and O–H groups in total. The minimum absolute atomic E-state index is 0.275. The van der Waals surface area contributed by atoms with E-state index in [1.807, 2.05) is 13.8 Å². The van der Waals surface area contributed by atoms with Crippen LogP contribution in [0.5, 0.6) is 0 Å². The molecule has 1 aromatic rings. The van der Waals surface area contributed by atoms with E-state index < -0.39 is 11.4 Å². The summed E-state index contributed by atoms with van der Waals surface area (Å²) in [5.74, 6) is -0.772. The van der Waals surface area contributed by atoms with Crippen LogP contribution in [0.3, 0.4) is 0 Å². The summed E-state index contributed by atoms with van der Waals surface area (Å²) in [5, 5.41) is 2.70. The molecule has 17 heavy (non-hydrogen) atoms. The number of carbonyl (C=O) groups is 1. The number of halogens is 2. The number of rotatable bonds is 4. The van der Waals surface area contributed by atoms with E-state index >= 15 is 0 Å². The Hall–Kier alpha value is -0.940. The molecule has 1 amide bonds. The lowest BCUT2D eigenvalue weighted by molar-refractivity contribution is 0.0228. The Labute approximate surface area is 108 Å². The van der Waals surface area contributed by atoms with Gasteiger partial charge in [-0.3, -0.25) is 4.79 Å². The minimum atomic E-state index is -0.449. The lowest BCUT2D eigenvalue weighted by atomic mass is 10.1. The molecule has 0 bridgehead atoms. The first kappa shape index (κ1) is 14.1. The smallest absolute Gasteiger partial charge is 0.252 e. The molecule has 0 aromatic heterocycles. The summed E-state index contributed by atoms with van der Waals surface area (Å²) in [5.41, 5.74) is -0.174. The molecule has 1 aromatic carbocycles. The standard InChI is InChI=1S/C12H15BrFNO2/c1-12(2,17-3)7-15-11(16)9-6-8(14)4-5-10(9)13/h4-6H,7H2,1-3H3,(H,15,16). The van der Waals surface area contributed by atoms with E-state index in [-0.39, 0.29) is 11.5 Å². The predicted octanol–water partition coefficient (Wildman–Crippen LogP) is 2.74. The molecule has 0 saturated heterocycles. The van der Waals surface area contributed by atoms with Gasteiger partial charge in [0.1, 0.15) is 5.82 Å². The fourth-order valence-corrected chi connectivity index (χ4v) is 1.56. The molecule has 0 fully saturated rings. The van der Waals surface area contributed by atoms with Crippen molar-refractivity contribution < 1.29 is 13.9 Å². The van der Waals surface area contributed by atoms with Gasteiger partial charge in [0.25, 0.3) is 5.91 Å². The zero-order chi connectivity index (χ0) is 13.1. The summed E-state index contributed by atoms with van der Waals surface area (Å²) in [6.07, 6.45) is 0. The van der Waals surface area contributed by atoms with Crippen LogP contribution in [0.1, 0.15) is 24.2 Å². The van der Waals surface area contributed by atoms with Gasteiger partial charge in [-0.05, 0) is 48.0 Å². The van der Waals surface area contributed by atoms with Crippen molar-refractivity contribution in [2.45, 2.75) is 19.4 Å². The molecule has 5 heteroatoms. The minimum Gasteiger partial charge on any atom is -0.377 e. The zero-order valence-corrected chi connectivity index (χ0v) is 11.6. The van der Waals surface area contributed by atoms with Crippen molar-refractivity contribution in [2.75, 3.05) is 13.7 Å². The topological polar surface area (TPSA) is 38.3 Å². The van der Waals surface area contributed by atoms with E-state index in [9.17, 15) is 9.18 Å². The average Bonchev–Trinajstić information content (AvgIpc) is 2.29. The molecule has 0 unspecified atom stereocenters. The molecule has 0 aliphatic heterocycles. The number of amides is 1. The van der Waals surface area contributed by atoms with Crippen LogP contribution in [0, 0.1) is 5.82 Å². The number of benzene rings is 1. The van der Waals surface area contributed by atoms with Crippen LogP contribution >= 0.6 is 15.9 Å². The highest BCUT2D eigenvalue weighted by molar-refractivity contribution is 9.10. The molecule has 0 atom stereocenters. The van der Waals surface area contributed by atoms with Crippen molar-refractivity contribution in [3.8, 4) is 0 Å². The fourth-order valence-electron chi connectivity index (χ4n) is 1.13. The van der Waals surface area contributed by atoms with Gasteiger partial charge in [0.15, 0.2) is 0 Å². The van der Waals surface area contributed by atoms with Crippen molar-refractivity contribution in [3.05, 3.63) is 34.1 Å². The van der Waals surface area contributed by atoms with Crippen LogP contribution in [0.2, 0.25) is 0 Å². The molecule has 3 nitrogen and oxygen atoms in total. The lowest BCUT2D eigenvalue weighted by Crippen LogP contribution is -2.39. The van der Waals surface area contributed by atoms with Gasteiger partial charge < -0.3 is 10.1 Å². The molecule has 94 valence electrons. The number of hydrogen-bond acceptors (Lipinski definition) is 2. The van der Waals surface area contributed by atoms with Crippen molar-refractivity contribution in [2.24, 2.45) is 0 Å². The first-order valence-corrected chi connectivity index (χ1v) is 5.93. The predicted molar refractivity (Wildman–Crippen MR) is 67.5 cm³/mol. The van der Waals surface area contributed by atoms with Crippen molar-refractivity contribution in [1.29, 1.82) is 0 Å². The number of hydrogen-bond donors (Lipinski definition) is 1. The van der Waals surface area contributed by atoms with E-state index in [4.69, 9.17) is 4.74 Å². The fraction of sp³-hybridized carbons (Fsp3) is 0.417. The Morgan fingerprint density at radius 1 is 1.53 bits per heavy atom. The molecular formula is C12H15BrFNO2. The maximum atomic E-state index is 13.0. The molecule has 0 spiro atoms. The van der Waals surface area contributed by atoms with Crippen LogP contribution in [-0.4, -0.2) is 25.2 Å². The summed E-state index contributed by atoms with van der Waals surface area (Å²) in [4.78, 5) is 11.8. The number of carbonyl (C=O) groups excluding carboxylic acids is 1. The number of nitrogens with one attached hydrogen (secondary N) is 1. The largest absolute Gasteiger partial charge is 0.377 e. The van der Waals surface area contributed by atoms with Crippen LogP contribution < -0.4 is 5.32 Å². The SMILES string of the molecule is COC(C)(C)CNC(=O)c1cc(F)ccc1Br. The Bertz CT molecular complexity index is 421. The second kappa shape index (κ2) is 5.60. The van der Waals surface area contributed by atoms with Crippen molar-refractivity contribution in [3.63, 3.8) is 0 Å². The first-order valence-electron chi connectivity index (χ1n) is 5.14. The maximum Gasteiger partial charge on any atom is 0.252 e. The molecule has 0 aliphatic carbocycles. The van der Waals surface area contributed by atoms with Crippen LogP contribution in [-0.2, 0) is 4.74 Å². The van der Waals surface area contributed by atoms with Crippen molar-refractivity contribution >= 4 is 21.8 Å². The van der Waals surface area contributed by atoms with Gasteiger partial charge in [-0.25, -0.2) is 4.39 Å². The molecule has 0 heterocycles. The third-order valence-corrected chi connectivity index (χ3v) is 3.09. The van der Waals surface area contributed by atoms with Crippen LogP contribution in [0.15, 0.2) is 22.7 Å². The van der Waals surface area contributed by atoms with E-state index in [0.717, 1.165) is 0 Å². The van der Waals surface area contributed by atoms with Crippen LogP contribution in [0.4, 0.5) is 4.39 Å². The summed E-state index contributed by atoms with van der Waals surface area (Å²) >= 11 is 3.21. The van der Waals surface area contributed by atoms with E-state index in [1.54, 1.807) is 7.11 Å². The van der Waals surface area contributed by atoms with E-state index in [0.29, 0.717) is 11.0 Å². The van der Waals surface area contributed by atoms with Gasteiger partial charge >= 0.3 is 0 Å². The van der Waals surface area contributed by atoms with Crippen molar-refractivity contribution in [1.82, 2.24) is 5.32 Å². The highest BCUT2D eigenvalue weighted by Crippen LogP contribution is 2.18. The third-order valence-electron chi connectivity index (χ3n) is 2.40. The van der Waals surface area contributed by atoms with Gasteiger partial charge in [-0.1, -0.05) is 0 Å². The Morgan fingerprint density at radius 3 is 2.76 bits per heavy atom. The lowest BCUT2D eigenvalue weighted by Gasteiger charge is -2.23. The monoisotopic (exact) mass is 303 g/mol. The van der Waals surface area contributed by atoms with E-state index in [2.05, 4.69) is 21.2 Å². The Morgan fingerprint density at radius 2 is 2.18 bits per heavy atom. The van der Waals surface area contributed by atoms with E-state index in [1.165, 1.54) is 18.2 Å². The molecule has 0 radical (unpaired) electrons. The van der Waals surface area contributed by atoms with Crippen LogP contribution in [0.25, 0.3) is 0 Å². The van der Waals surface area contributed by atoms with Gasteiger partial charge in [-0.2, -0.15) is 0 Å². The second-order valence-electron chi connectivity index (χ2n) is 4.27. The van der Waals surface area contributed by atoms with Gasteiger partial charge in [0.05, 0.1) is 11.2 Å². The number of methoxy groups -OCH3 is 1. The molecular weight excluding hydrogens is 289 g/mol.